The third kappa shape index (κ3) is 5.93. The summed E-state index contributed by atoms with van der Waals surface area (Å²) in [5.41, 5.74) is 9.01. The largest absolute Gasteiger partial charge is 0.360 e. The molecule has 0 spiro atoms. The van der Waals surface area contributed by atoms with Gasteiger partial charge in [0.2, 0.25) is 5.91 Å². The molecule has 0 aliphatic heterocycles. The number of carbonyl (C=O) groups excluding carboxylic acids is 1. The lowest BCUT2D eigenvalue weighted by atomic mass is 9.89. The fourth-order valence-electron chi connectivity index (χ4n) is 4.72. The molecule has 0 radical (unpaired) electrons. The Labute approximate surface area is 202 Å². The van der Waals surface area contributed by atoms with E-state index in [4.69, 9.17) is 10.5 Å². The molecule has 0 saturated heterocycles. The van der Waals surface area contributed by atoms with Crippen molar-refractivity contribution in [1.29, 1.82) is 0 Å². The number of hydrogen-bond acceptors (Lipinski definition) is 5. The average molecular weight is 488 g/mol. The zero-order valence-electron chi connectivity index (χ0n) is 21.0. The summed E-state index contributed by atoms with van der Waals surface area (Å²) in [4.78, 5) is 17.1. The zero-order valence-corrected chi connectivity index (χ0v) is 22.0. The molecule has 4 rings (SSSR count). The van der Waals surface area contributed by atoms with Crippen molar-refractivity contribution in [3.05, 3.63) is 29.5 Å². The molecule has 1 amide bonds. The molecule has 2 heterocycles. The number of aromatic nitrogens is 3. The molecule has 7 nitrogen and oxygen atoms in total. The molecule has 0 aromatic carbocycles. The Kier molecular flexibility index (Phi) is 7.26. The molecule has 0 bridgehead atoms. The van der Waals surface area contributed by atoms with Crippen molar-refractivity contribution < 1.29 is 13.9 Å². The van der Waals surface area contributed by atoms with Gasteiger partial charge in [0.15, 0.2) is 5.82 Å². The highest BCUT2D eigenvalue weighted by Crippen LogP contribution is 2.50. The summed E-state index contributed by atoms with van der Waals surface area (Å²) >= 11 is 0. The highest BCUT2D eigenvalue weighted by atomic mass is 28.3. The van der Waals surface area contributed by atoms with Gasteiger partial charge < -0.3 is 15.8 Å². The van der Waals surface area contributed by atoms with Gasteiger partial charge in [-0.3, -0.25) is 9.78 Å². The minimum atomic E-state index is -1.16. The first-order chi connectivity index (χ1) is 16.0. The maximum atomic E-state index is 15.1. The number of ether oxygens (including phenoxy) is 1. The molecule has 2 aromatic heterocycles. The second-order valence-electron chi connectivity index (χ2n) is 11.2. The molecule has 186 valence electrons. The third-order valence-corrected chi connectivity index (χ3v) is 8.69. The van der Waals surface area contributed by atoms with Crippen LogP contribution in [0.4, 0.5) is 10.1 Å². The van der Waals surface area contributed by atoms with E-state index >= 15 is 4.39 Å². The lowest BCUT2D eigenvalue weighted by Crippen LogP contribution is -2.43. The molecule has 9 heteroatoms. The molecular weight excluding hydrogens is 449 g/mol. The SMILES string of the molecule is Cc1nn(COCC[Si](C)(C)C)c(C)c1-c1ncc(NC(=O)[C@@H](N)C(C2CC2)C2CC2)cc1F. The minimum Gasteiger partial charge on any atom is -0.360 e. The van der Waals surface area contributed by atoms with Gasteiger partial charge in [0.25, 0.3) is 0 Å². The number of rotatable bonds is 11. The molecule has 3 N–H and O–H groups in total. The van der Waals surface area contributed by atoms with Crippen molar-refractivity contribution in [2.75, 3.05) is 11.9 Å². The molecule has 0 unspecified atom stereocenters. The van der Waals surface area contributed by atoms with Crippen LogP contribution >= 0.6 is 0 Å². The van der Waals surface area contributed by atoms with E-state index in [-0.39, 0.29) is 17.5 Å². The minimum absolute atomic E-state index is 0.222. The van der Waals surface area contributed by atoms with E-state index < -0.39 is 19.9 Å². The summed E-state index contributed by atoms with van der Waals surface area (Å²) in [6, 6.07) is 1.83. The lowest BCUT2D eigenvalue weighted by Gasteiger charge is -2.22. The summed E-state index contributed by atoms with van der Waals surface area (Å²) in [7, 11) is -1.16. The van der Waals surface area contributed by atoms with Crippen molar-refractivity contribution >= 4 is 19.7 Å². The van der Waals surface area contributed by atoms with E-state index in [2.05, 4.69) is 35.0 Å². The highest BCUT2D eigenvalue weighted by Gasteiger charge is 2.46. The first-order valence-corrected chi connectivity index (χ1v) is 16.1. The Balaban J connectivity index is 1.42. The Morgan fingerprint density at radius 1 is 1.26 bits per heavy atom. The van der Waals surface area contributed by atoms with E-state index in [1.807, 2.05) is 13.8 Å². The molecule has 1 atom stereocenters. The standard InChI is InChI=1S/C25H38FN5O2Si/c1-15-21(16(2)31(30-15)14-33-10-11-34(3,4)5)24-20(26)12-19(13-28-24)29-25(32)23(27)22(17-6-7-17)18-8-9-18/h12-13,17-18,22-23H,6-11,14,27H2,1-5H3,(H,29,32)/t23-/m0/s1. The second kappa shape index (κ2) is 9.87. The van der Waals surface area contributed by atoms with Crippen molar-refractivity contribution in [3.8, 4) is 11.3 Å². The van der Waals surface area contributed by atoms with Crippen molar-refractivity contribution in [2.45, 2.75) is 78.0 Å². The van der Waals surface area contributed by atoms with Crippen molar-refractivity contribution in [2.24, 2.45) is 23.5 Å². The Hall–Kier alpha value is -2.10. The van der Waals surface area contributed by atoms with Crippen LogP contribution in [0.3, 0.4) is 0 Å². The monoisotopic (exact) mass is 487 g/mol. The van der Waals surface area contributed by atoms with Crippen LogP contribution in [0.15, 0.2) is 12.3 Å². The van der Waals surface area contributed by atoms with Gasteiger partial charge in [-0.05, 0) is 63.3 Å². The summed E-state index contributed by atoms with van der Waals surface area (Å²) in [6.07, 6.45) is 6.12. The highest BCUT2D eigenvalue weighted by molar-refractivity contribution is 6.76. The van der Waals surface area contributed by atoms with Crippen LogP contribution in [-0.4, -0.2) is 41.4 Å². The van der Waals surface area contributed by atoms with E-state index in [0.29, 0.717) is 42.1 Å². The number of hydrogen-bond donors (Lipinski definition) is 2. The number of amides is 1. The smallest absolute Gasteiger partial charge is 0.241 e. The molecule has 2 aromatic rings. The van der Waals surface area contributed by atoms with Gasteiger partial charge in [-0.15, -0.1) is 0 Å². The topological polar surface area (TPSA) is 95.1 Å². The zero-order chi connectivity index (χ0) is 24.6. The maximum Gasteiger partial charge on any atom is 0.241 e. The Morgan fingerprint density at radius 3 is 2.47 bits per heavy atom. The van der Waals surface area contributed by atoms with Crippen LogP contribution in [-0.2, 0) is 16.3 Å². The van der Waals surface area contributed by atoms with Crippen LogP contribution in [0.2, 0.25) is 25.7 Å². The van der Waals surface area contributed by atoms with Gasteiger partial charge in [0, 0.05) is 32.0 Å². The number of aryl methyl sites for hydroxylation is 1. The summed E-state index contributed by atoms with van der Waals surface area (Å²) < 4.78 is 22.7. The Bertz CT molecular complexity index is 1030. The predicted molar refractivity (Wildman–Crippen MR) is 135 cm³/mol. The number of anilines is 1. The fourth-order valence-corrected chi connectivity index (χ4v) is 5.48. The third-order valence-electron chi connectivity index (χ3n) is 6.99. The van der Waals surface area contributed by atoms with E-state index in [1.54, 1.807) is 4.68 Å². The first-order valence-electron chi connectivity index (χ1n) is 12.4. The number of halogens is 1. The normalized spacial score (nSPS) is 17.3. The van der Waals surface area contributed by atoms with Crippen LogP contribution in [0.1, 0.15) is 37.1 Å². The second-order valence-corrected chi connectivity index (χ2v) is 16.8. The number of carbonyl (C=O) groups is 1. The van der Waals surface area contributed by atoms with E-state index in [9.17, 15) is 4.79 Å². The lowest BCUT2D eigenvalue weighted by molar-refractivity contribution is -0.118. The van der Waals surface area contributed by atoms with Gasteiger partial charge in [-0.25, -0.2) is 9.07 Å². The summed E-state index contributed by atoms with van der Waals surface area (Å²) in [5.74, 6) is 0.604. The number of nitrogens with two attached hydrogens (primary N) is 1. The maximum absolute atomic E-state index is 15.1. The van der Waals surface area contributed by atoms with Gasteiger partial charge in [-0.1, -0.05) is 19.6 Å². The first kappa shape index (κ1) is 25.0. The average Bonchev–Trinajstić information content (AvgIpc) is 3.67. The van der Waals surface area contributed by atoms with Crippen LogP contribution in [0.25, 0.3) is 11.3 Å². The van der Waals surface area contributed by atoms with Crippen molar-refractivity contribution in [3.63, 3.8) is 0 Å². The van der Waals surface area contributed by atoms with Gasteiger partial charge in [0.05, 0.1) is 23.6 Å². The number of pyridine rings is 1. The number of nitrogens with one attached hydrogen (secondary N) is 1. The van der Waals surface area contributed by atoms with Gasteiger partial charge >= 0.3 is 0 Å². The Morgan fingerprint density at radius 2 is 1.91 bits per heavy atom. The van der Waals surface area contributed by atoms with Gasteiger partial charge in [0.1, 0.15) is 12.4 Å². The molecule has 2 aliphatic carbocycles. The van der Waals surface area contributed by atoms with Gasteiger partial charge in [-0.2, -0.15) is 5.10 Å². The van der Waals surface area contributed by atoms with Crippen LogP contribution in [0.5, 0.6) is 0 Å². The van der Waals surface area contributed by atoms with Crippen LogP contribution < -0.4 is 11.1 Å². The molecule has 2 aliphatic rings. The molecule has 2 saturated carbocycles. The van der Waals surface area contributed by atoms with Crippen molar-refractivity contribution in [1.82, 2.24) is 14.8 Å². The number of nitrogens with zero attached hydrogens (tertiary/aromatic N) is 3. The van der Waals surface area contributed by atoms with E-state index in [0.717, 1.165) is 37.4 Å². The fraction of sp³-hybridized carbons (Fsp3) is 0.640. The quantitative estimate of drug-likeness (QED) is 0.353. The molecular formula is C25H38FN5O2Si. The summed E-state index contributed by atoms with van der Waals surface area (Å²) in [5, 5.41) is 7.31. The molecule has 34 heavy (non-hydrogen) atoms. The predicted octanol–water partition coefficient (Wildman–Crippen LogP) is 4.72. The van der Waals surface area contributed by atoms with E-state index in [1.165, 1.54) is 12.3 Å². The van der Waals surface area contributed by atoms with Crippen LogP contribution in [0, 0.1) is 37.4 Å². The molecule has 2 fully saturated rings. The summed E-state index contributed by atoms with van der Waals surface area (Å²) in [6.45, 7) is 11.7.